The fourth-order valence-electron chi connectivity index (χ4n) is 3.53. The molecule has 10 heteroatoms. The normalized spacial score (nSPS) is 14.2. The number of methoxy groups -OCH3 is 1. The van der Waals surface area contributed by atoms with Gasteiger partial charge in [0.1, 0.15) is 0 Å². The van der Waals surface area contributed by atoms with Crippen LogP contribution in [0, 0.1) is 0 Å². The van der Waals surface area contributed by atoms with Crippen LogP contribution in [0.3, 0.4) is 0 Å². The van der Waals surface area contributed by atoms with Crippen molar-refractivity contribution in [1.29, 1.82) is 0 Å². The van der Waals surface area contributed by atoms with E-state index < -0.39 is 0 Å². The zero-order valence-corrected chi connectivity index (χ0v) is 22.7. The number of amides is 2. The summed E-state index contributed by atoms with van der Waals surface area (Å²) in [5, 5.41) is 3.15. The van der Waals surface area contributed by atoms with Crippen molar-refractivity contribution in [2.24, 2.45) is 0 Å². The zero-order chi connectivity index (χ0) is 26.5. The van der Waals surface area contributed by atoms with Crippen molar-refractivity contribution in [3.8, 4) is 11.5 Å². The van der Waals surface area contributed by atoms with Gasteiger partial charge in [0.25, 0.3) is 11.8 Å². The average Bonchev–Trinajstić information content (AvgIpc) is 3.16. The van der Waals surface area contributed by atoms with Gasteiger partial charge in [0.2, 0.25) is 0 Å². The van der Waals surface area contributed by atoms with Crippen molar-refractivity contribution in [2.45, 2.75) is 0 Å². The number of halogens is 1. The Bertz CT molecular complexity index is 1380. The number of rotatable bonds is 8. The van der Waals surface area contributed by atoms with E-state index in [4.69, 9.17) is 33.3 Å². The molecule has 1 N–H and O–H groups in total. The van der Waals surface area contributed by atoms with E-state index in [1.165, 1.54) is 23.8 Å². The first-order chi connectivity index (χ1) is 17.8. The van der Waals surface area contributed by atoms with Gasteiger partial charge in [-0.3, -0.25) is 14.5 Å². The van der Waals surface area contributed by atoms with Crippen LogP contribution in [0.4, 0.5) is 17.1 Å². The van der Waals surface area contributed by atoms with Crippen LogP contribution in [-0.2, 0) is 9.59 Å². The number of anilines is 3. The fraction of sp³-hybridized carbons (Fsp3) is 0.148. The molecule has 37 heavy (non-hydrogen) atoms. The van der Waals surface area contributed by atoms with Gasteiger partial charge < -0.3 is 19.7 Å². The topological polar surface area (TPSA) is 71.1 Å². The molecule has 0 saturated carbocycles. The Morgan fingerprint density at radius 3 is 2.51 bits per heavy atom. The summed E-state index contributed by atoms with van der Waals surface area (Å²) < 4.78 is 11.6. The van der Waals surface area contributed by atoms with E-state index in [9.17, 15) is 9.59 Å². The van der Waals surface area contributed by atoms with Gasteiger partial charge in [0.15, 0.2) is 22.4 Å². The van der Waals surface area contributed by atoms with Crippen molar-refractivity contribution < 1.29 is 19.1 Å². The maximum atomic E-state index is 13.1. The predicted octanol–water partition coefficient (Wildman–Crippen LogP) is 5.84. The molecule has 0 unspecified atom stereocenters. The number of ether oxygens (including phenoxy) is 2. The second-order valence-electron chi connectivity index (χ2n) is 8.15. The summed E-state index contributed by atoms with van der Waals surface area (Å²) in [6, 6.07) is 19.8. The van der Waals surface area contributed by atoms with Gasteiger partial charge in [-0.2, -0.15) is 0 Å². The summed E-state index contributed by atoms with van der Waals surface area (Å²) in [7, 11) is 5.42. The first kappa shape index (κ1) is 26.5. The number of benzene rings is 3. The highest BCUT2D eigenvalue weighted by atomic mass is 35.5. The highest BCUT2D eigenvalue weighted by Crippen LogP contribution is 2.37. The van der Waals surface area contributed by atoms with Crippen molar-refractivity contribution in [3.05, 3.63) is 82.2 Å². The number of nitrogens with zero attached hydrogens (tertiary/aromatic N) is 2. The van der Waals surface area contributed by atoms with Crippen molar-refractivity contribution in [3.63, 3.8) is 0 Å². The van der Waals surface area contributed by atoms with Crippen LogP contribution >= 0.6 is 35.6 Å². The standard InChI is InChI=1S/C27H24ClN3O4S2/c1-30(2)18-9-11-19(12-10-18)31-26(33)24(37-27(31)36)15-17-8-13-22(23(14-17)34-3)35-16-25(32)29-21-7-5-4-6-20(21)28/h4-15H,16H2,1-3H3,(H,29,32)/b24-15-. The van der Waals surface area contributed by atoms with Gasteiger partial charge in [0, 0.05) is 19.8 Å². The number of thioether (sulfide) groups is 1. The van der Waals surface area contributed by atoms with Crippen LogP contribution in [0.25, 0.3) is 6.08 Å². The zero-order valence-electron chi connectivity index (χ0n) is 20.4. The van der Waals surface area contributed by atoms with Crippen molar-refractivity contribution in [1.82, 2.24) is 0 Å². The van der Waals surface area contributed by atoms with E-state index in [2.05, 4.69) is 5.32 Å². The Balaban J connectivity index is 1.45. The summed E-state index contributed by atoms with van der Waals surface area (Å²) in [4.78, 5) is 29.4. The lowest BCUT2D eigenvalue weighted by Crippen LogP contribution is -2.27. The molecule has 0 atom stereocenters. The number of carbonyl (C=O) groups excluding carboxylic acids is 2. The fourth-order valence-corrected chi connectivity index (χ4v) is 5.01. The maximum Gasteiger partial charge on any atom is 0.270 e. The number of nitrogens with one attached hydrogen (secondary N) is 1. The molecule has 1 saturated heterocycles. The van der Waals surface area contributed by atoms with E-state index in [1.54, 1.807) is 48.5 Å². The Hall–Kier alpha value is -3.53. The van der Waals surface area contributed by atoms with Crippen LogP contribution in [0.1, 0.15) is 5.56 Å². The highest BCUT2D eigenvalue weighted by Gasteiger charge is 2.33. The molecule has 2 amide bonds. The molecular weight excluding hydrogens is 530 g/mol. The summed E-state index contributed by atoms with van der Waals surface area (Å²) in [5.74, 6) is 0.265. The lowest BCUT2D eigenvalue weighted by Gasteiger charge is -2.17. The maximum absolute atomic E-state index is 13.1. The van der Waals surface area contributed by atoms with Gasteiger partial charge >= 0.3 is 0 Å². The molecule has 3 aromatic rings. The predicted molar refractivity (Wildman–Crippen MR) is 155 cm³/mol. The summed E-state index contributed by atoms with van der Waals surface area (Å²) in [6.07, 6.45) is 1.75. The smallest absolute Gasteiger partial charge is 0.270 e. The Labute approximate surface area is 230 Å². The van der Waals surface area contributed by atoms with Crippen LogP contribution in [0.2, 0.25) is 5.02 Å². The van der Waals surface area contributed by atoms with Gasteiger partial charge in [-0.1, -0.05) is 53.8 Å². The highest BCUT2D eigenvalue weighted by molar-refractivity contribution is 8.27. The SMILES string of the molecule is COc1cc(/C=C2\SC(=S)N(c3ccc(N(C)C)cc3)C2=O)ccc1OCC(=O)Nc1ccccc1Cl. The summed E-state index contributed by atoms with van der Waals surface area (Å²) in [5.41, 5.74) is 2.98. The second kappa shape index (κ2) is 11.7. The number of hydrogen-bond donors (Lipinski definition) is 1. The minimum atomic E-state index is -0.360. The lowest BCUT2D eigenvalue weighted by molar-refractivity contribution is -0.118. The first-order valence-corrected chi connectivity index (χ1v) is 12.8. The minimum Gasteiger partial charge on any atom is -0.493 e. The number of thiocarbonyl (C=S) groups is 1. The Morgan fingerprint density at radius 2 is 1.84 bits per heavy atom. The van der Waals surface area contributed by atoms with Crippen molar-refractivity contribution >= 4 is 74.9 Å². The van der Waals surface area contributed by atoms with Crippen LogP contribution < -0.4 is 24.6 Å². The van der Waals surface area contributed by atoms with Crippen LogP contribution in [-0.4, -0.2) is 43.9 Å². The van der Waals surface area contributed by atoms with Crippen LogP contribution in [0.15, 0.2) is 71.6 Å². The van der Waals surface area contributed by atoms with E-state index in [1.807, 2.05) is 43.3 Å². The molecule has 4 rings (SSSR count). The molecule has 190 valence electrons. The molecule has 0 aromatic heterocycles. The van der Waals surface area contributed by atoms with Gasteiger partial charge in [-0.05, 0) is 60.2 Å². The molecule has 1 aliphatic rings. The second-order valence-corrected chi connectivity index (χ2v) is 10.2. The van der Waals surface area contributed by atoms with Gasteiger partial charge in [0.05, 0.1) is 28.4 Å². The largest absolute Gasteiger partial charge is 0.493 e. The minimum absolute atomic E-state index is 0.192. The molecule has 3 aromatic carbocycles. The number of para-hydroxylation sites is 1. The Kier molecular flexibility index (Phi) is 8.38. The summed E-state index contributed by atoms with van der Waals surface area (Å²) in [6.45, 7) is -0.230. The summed E-state index contributed by atoms with van der Waals surface area (Å²) >= 11 is 12.8. The van der Waals surface area contributed by atoms with E-state index >= 15 is 0 Å². The monoisotopic (exact) mass is 553 g/mol. The third-order valence-corrected chi connectivity index (χ3v) is 7.04. The van der Waals surface area contributed by atoms with E-state index in [-0.39, 0.29) is 18.4 Å². The molecule has 1 aliphatic heterocycles. The van der Waals surface area contributed by atoms with Gasteiger partial charge in [-0.25, -0.2) is 0 Å². The quantitative estimate of drug-likeness (QED) is 0.278. The third kappa shape index (κ3) is 6.25. The molecule has 0 radical (unpaired) electrons. The molecule has 1 heterocycles. The van der Waals surface area contributed by atoms with Gasteiger partial charge in [-0.15, -0.1) is 0 Å². The molecule has 7 nitrogen and oxygen atoms in total. The molecule has 0 aliphatic carbocycles. The number of carbonyl (C=O) groups is 2. The molecular formula is C27H24ClN3O4S2. The van der Waals surface area contributed by atoms with E-state index in [0.717, 1.165) is 11.3 Å². The average molecular weight is 554 g/mol. The van der Waals surface area contributed by atoms with Crippen LogP contribution in [0.5, 0.6) is 11.5 Å². The Morgan fingerprint density at radius 1 is 1.11 bits per heavy atom. The lowest BCUT2D eigenvalue weighted by atomic mass is 10.1. The number of hydrogen-bond acceptors (Lipinski definition) is 7. The van der Waals surface area contributed by atoms with E-state index in [0.29, 0.717) is 37.1 Å². The molecule has 0 bridgehead atoms. The first-order valence-electron chi connectivity index (χ1n) is 11.2. The third-order valence-electron chi connectivity index (χ3n) is 5.41. The molecule has 1 fully saturated rings. The molecule has 0 spiro atoms. The van der Waals surface area contributed by atoms with Crippen molar-refractivity contribution in [2.75, 3.05) is 42.9 Å².